The highest BCUT2D eigenvalue weighted by molar-refractivity contribution is 6.31. The molecule has 102 valence electrons. The number of halogens is 2. The lowest BCUT2D eigenvalue weighted by molar-refractivity contribution is 0.521. The Labute approximate surface area is 127 Å². The summed E-state index contributed by atoms with van der Waals surface area (Å²) in [6.45, 7) is 1.99. The van der Waals surface area contributed by atoms with Gasteiger partial charge in [0, 0.05) is 21.0 Å². The van der Waals surface area contributed by atoms with Gasteiger partial charge in [0.15, 0.2) is 0 Å². The Morgan fingerprint density at radius 3 is 2.55 bits per heavy atom. The fraction of sp³-hybridized carbons (Fsp3) is 0.125. The summed E-state index contributed by atoms with van der Waals surface area (Å²) in [6.07, 6.45) is 0. The van der Waals surface area contributed by atoms with E-state index >= 15 is 0 Å². The molecule has 3 rings (SSSR count). The number of hydrogen-bond donors (Lipinski definition) is 1. The highest BCUT2D eigenvalue weighted by Gasteiger charge is 2.19. The van der Waals surface area contributed by atoms with Gasteiger partial charge < -0.3 is 10.2 Å². The molecular formula is C16H13Cl2NO. The molecule has 0 spiro atoms. The average molecular weight is 306 g/mol. The first-order valence-electron chi connectivity index (χ1n) is 6.26. The van der Waals surface area contributed by atoms with Crippen LogP contribution in [0.1, 0.15) is 22.9 Å². The highest BCUT2D eigenvalue weighted by Crippen LogP contribution is 2.33. The summed E-state index contributed by atoms with van der Waals surface area (Å²) in [5.41, 5.74) is 9.02. The topological polar surface area (TPSA) is 39.2 Å². The molecule has 1 unspecified atom stereocenters. The van der Waals surface area contributed by atoms with Gasteiger partial charge in [0.05, 0.1) is 6.04 Å². The Bertz CT molecular complexity index is 779. The minimum absolute atomic E-state index is 0.347. The first-order valence-corrected chi connectivity index (χ1v) is 7.01. The van der Waals surface area contributed by atoms with Crippen LogP contribution in [-0.2, 0) is 0 Å². The van der Waals surface area contributed by atoms with Gasteiger partial charge >= 0.3 is 0 Å². The third kappa shape index (κ3) is 2.31. The lowest BCUT2D eigenvalue weighted by atomic mass is 10.0. The largest absolute Gasteiger partial charge is 0.459 e. The minimum Gasteiger partial charge on any atom is -0.459 e. The van der Waals surface area contributed by atoms with Crippen LogP contribution in [0.2, 0.25) is 10.0 Å². The van der Waals surface area contributed by atoms with Crippen molar-refractivity contribution in [2.75, 3.05) is 0 Å². The lowest BCUT2D eigenvalue weighted by Crippen LogP contribution is -2.11. The van der Waals surface area contributed by atoms with Gasteiger partial charge in [-0.1, -0.05) is 35.3 Å². The van der Waals surface area contributed by atoms with E-state index < -0.39 is 0 Å². The molecule has 0 saturated heterocycles. The molecule has 0 fully saturated rings. The van der Waals surface area contributed by atoms with Crippen LogP contribution in [0.3, 0.4) is 0 Å². The lowest BCUT2D eigenvalue weighted by Gasteiger charge is -2.10. The third-order valence-electron chi connectivity index (χ3n) is 3.43. The van der Waals surface area contributed by atoms with Crippen LogP contribution in [0, 0.1) is 6.92 Å². The van der Waals surface area contributed by atoms with E-state index in [9.17, 15) is 0 Å². The van der Waals surface area contributed by atoms with Crippen molar-refractivity contribution >= 4 is 34.2 Å². The number of aryl methyl sites for hydroxylation is 1. The summed E-state index contributed by atoms with van der Waals surface area (Å²) < 4.78 is 5.88. The van der Waals surface area contributed by atoms with Gasteiger partial charge in [-0.25, -0.2) is 0 Å². The van der Waals surface area contributed by atoms with Gasteiger partial charge in [-0.2, -0.15) is 0 Å². The average Bonchev–Trinajstić information content (AvgIpc) is 2.75. The Morgan fingerprint density at radius 1 is 1.05 bits per heavy atom. The van der Waals surface area contributed by atoms with Crippen LogP contribution in [0.4, 0.5) is 0 Å². The van der Waals surface area contributed by atoms with Gasteiger partial charge in [0.25, 0.3) is 0 Å². The van der Waals surface area contributed by atoms with E-state index in [0.717, 1.165) is 27.9 Å². The Morgan fingerprint density at radius 2 is 1.80 bits per heavy atom. The molecule has 0 aliphatic carbocycles. The van der Waals surface area contributed by atoms with Crippen LogP contribution in [-0.4, -0.2) is 0 Å². The van der Waals surface area contributed by atoms with Crippen LogP contribution >= 0.6 is 23.2 Å². The van der Waals surface area contributed by atoms with E-state index in [1.165, 1.54) is 0 Å². The van der Waals surface area contributed by atoms with Crippen molar-refractivity contribution in [2.45, 2.75) is 13.0 Å². The van der Waals surface area contributed by atoms with Crippen molar-refractivity contribution in [2.24, 2.45) is 5.73 Å². The quantitative estimate of drug-likeness (QED) is 0.715. The fourth-order valence-electron chi connectivity index (χ4n) is 2.36. The number of hydrogen-bond acceptors (Lipinski definition) is 2. The van der Waals surface area contributed by atoms with Crippen molar-refractivity contribution in [1.82, 2.24) is 0 Å². The van der Waals surface area contributed by atoms with E-state index in [4.69, 9.17) is 33.4 Å². The van der Waals surface area contributed by atoms with Gasteiger partial charge in [0.2, 0.25) is 0 Å². The maximum Gasteiger partial charge on any atom is 0.134 e. The molecule has 4 heteroatoms. The fourth-order valence-corrected chi connectivity index (χ4v) is 2.73. The summed E-state index contributed by atoms with van der Waals surface area (Å²) >= 11 is 12.0. The zero-order valence-electron chi connectivity index (χ0n) is 10.9. The van der Waals surface area contributed by atoms with E-state index in [2.05, 4.69) is 0 Å². The Kier molecular flexibility index (Phi) is 3.47. The molecule has 2 nitrogen and oxygen atoms in total. The summed E-state index contributed by atoms with van der Waals surface area (Å²) in [5, 5.41) is 2.34. The number of nitrogens with two attached hydrogens (primary N) is 1. The van der Waals surface area contributed by atoms with Gasteiger partial charge in [-0.3, -0.25) is 0 Å². The van der Waals surface area contributed by atoms with Crippen molar-refractivity contribution in [3.05, 3.63) is 69.4 Å². The molecule has 1 aromatic heterocycles. The van der Waals surface area contributed by atoms with Crippen LogP contribution < -0.4 is 5.73 Å². The molecule has 2 N–H and O–H groups in total. The zero-order valence-corrected chi connectivity index (χ0v) is 12.4. The molecule has 0 amide bonds. The van der Waals surface area contributed by atoms with Crippen molar-refractivity contribution in [3.8, 4) is 0 Å². The second kappa shape index (κ2) is 5.13. The first kappa shape index (κ1) is 13.5. The number of furan rings is 1. The van der Waals surface area contributed by atoms with Crippen LogP contribution in [0.5, 0.6) is 0 Å². The summed E-state index contributed by atoms with van der Waals surface area (Å²) in [5.74, 6) is 0.740. The minimum atomic E-state index is -0.347. The summed E-state index contributed by atoms with van der Waals surface area (Å²) in [7, 11) is 0. The SMILES string of the molecule is Cc1c(C(N)c2cccc(Cl)c2)oc2ccc(Cl)cc12. The van der Waals surface area contributed by atoms with Gasteiger partial charge in [0.1, 0.15) is 11.3 Å². The maximum atomic E-state index is 6.30. The Balaban J connectivity index is 2.12. The molecule has 1 heterocycles. The monoisotopic (exact) mass is 305 g/mol. The molecule has 0 saturated carbocycles. The molecule has 0 radical (unpaired) electrons. The third-order valence-corrected chi connectivity index (χ3v) is 3.90. The number of fused-ring (bicyclic) bond motifs is 1. The van der Waals surface area contributed by atoms with E-state index in [1.807, 2.05) is 49.4 Å². The van der Waals surface area contributed by atoms with E-state index in [1.54, 1.807) is 0 Å². The van der Waals surface area contributed by atoms with Gasteiger partial charge in [-0.05, 0) is 42.8 Å². The van der Waals surface area contributed by atoms with Crippen molar-refractivity contribution in [3.63, 3.8) is 0 Å². The molecule has 20 heavy (non-hydrogen) atoms. The zero-order chi connectivity index (χ0) is 14.3. The standard InChI is InChI=1S/C16H13Cl2NO/c1-9-13-8-12(18)5-6-14(13)20-16(9)15(19)10-3-2-4-11(17)7-10/h2-8,15H,19H2,1H3. The van der Waals surface area contributed by atoms with Crippen LogP contribution in [0.15, 0.2) is 46.9 Å². The molecule has 1 atom stereocenters. The predicted octanol–water partition coefficient (Wildman–Crippen LogP) is 5.10. The summed E-state index contributed by atoms with van der Waals surface area (Å²) in [4.78, 5) is 0. The Hall–Kier alpha value is -1.48. The molecule has 0 bridgehead atoms. The van der Waals surface area contributed by atoms with Crippen LogP contribution in [0.25, 0.3) is 11.0 Å². The number of benzene rings is 2. The maximum absolute atomic E-state index is 6.30. The van der Waals surface area contributed by atoms with Gasteiger partial charge in [-0.15, -0.1) is 0 Å². The van der Waals surface area contributed by atoms with E-state index in [0.29, 0.717) is 10.0 Å². The second-order valence-corrected chi connectivity index (χ2v) is 5.64. The molecular weight excluding hydrogens is 293 g/mol. The highest BCUT2D eigenvalue weighted by atomic mass is 35.5. The second-order valence-electron chi connectivity index (χ2n) is 4.76. The molecule has 0 aliphatic heterocycles. The number of rotatable bonds is 2. The normalized spacial score (nSPS) is 12.8. The first-order chi connectivity index (χ1) is 9.56. The van der Waals surface area contributed by atoms with Crippen molar-refractivity contribution < 1.29 is 4.42 Å². The smallest absolute Gasteiger partial charge is 0.134 e. The predicted molar refractivity (Wildman–Crippen MR) is 83.4 cm³/mol. The molecule has 2 aromatic carbocycles. The van der Waals surface area contributed by atoms with Crippen molar-refractivity contribution in [1.29, 1.82) is 0 Å². The van der Waals surface area contributed by atoms with E-state index in [-0.39, 0.29) is 6.04 Å². The molecule has 3 aromatic rings. The molecule has 0 aliphatic rings. The summed E-state index contributed by atoms with van der Waals surface area (Å²) in [6, 6.07) is 12.7.